The lowest BCUT2D eigenvalue weighted by molar-refractivity contribution is -0.137. The highest BCUT2D eigenvalue weighted by atomic mass is 35.5. The summed E-state index contributed by atoms with van der Waals surface area (Å²) in [5, 5.41) is 1.26. The molecule has 0 saturated heterocycles. The molecule has 2 rings (SSSR count). The highest BCUT2D eigenvalue weighted by Crippen LogP contribution is 2.36. The van der Waals surface area contributed by atoms with Crippen molar-refractivity contribution in [1.29, 1.82) is 0 Å². The first kappa shape index (κ1) is 22.8. The molecule has 0 saturated carbocycles. The van der Waals surface area contributed by atoms with E-state index in [0.717, 1.165) is 23.9 Å². The van der Waals surface area contributed by atoms with Crippen molar-refractivity contribution in [3.63, 3.8) is 0 Å². The zero-order chi connectivity index (χ0) is 21.8. The van der Waals surface area contributed by atoms with Gasteiger partial charge >= 0.3 is 12.1 Å². The second-order valence-electron chi connectivity index (χ2n) is 5.61. The Kier molecular flexibility index (Phi) is 7.31. The van der Waals surface area contributed by atoms with Gasteiger partial charge in [0.2, 0.25) is 5.91 Å². The largest absolute Gasteiger partial charge is 0.462 e. The monoisotopic (exact) mass is 448 g/mol. The molecule has 0 aliphatic carbocycles. The highest BCUT2D eigenvalue weighted by Gasteiger charge is 2.33. The number of nitrogen functional groups attached to an aromatic ring is 1. The third kappa shape index (κ3) is 5.97. The first-order valence-electron chi connectivity index (χ1n) is 8.16. The summed E-state index contributed by atoms with van der Waals surface area (Å²) in [5.41, 5.74) is 4.60. The highest BCUT2D eigenvalue weighted by molar-refractivity contribution is 8.00. The molecule has 2 aromatic rings. The number of esters is 1. The molecular formula is C17H16ClF3N4O3S. The Morgan fingerprint density at radius 1 is 1.38 bits per heavy atom. The average Bonchev–Trinajstić information content (AvgIpc) is 2.62. The molecule has 7 nitrogen and oxygen atoms in total. The van der Waals surface area contributed by atoms with Crippen LogP contribution in [0.5, 0.6) is 0 Å². The summed E-state index contributed by atoms with van der Waals surface area (Å²) in [7, 11) is 0. The molecule has 1 aromatic carbocycles. The number of carbonyl (C=O) groups excluding carboxylic acids is 2. The van der Waals surface area contributed by atoms with Gasteiger partial charge in [0.25, 0.3) is 0 Å². The number of rotatable bonds is 6. The molecule has 1 heterocycles. The second kappa shape index (κ2) is 9.31. The molecule has 0 aliphatic heterocycles. The standard InChI is InChI=1S/C17H16ClF3N4O3S/c1-3-28-15(27)10-7-23-16(25-13(10)22)29-8(2)14(26)24-9-4-5-12(18)11(6-9)17(19,20)21/h4-8H,3H2,1-2H3,(H,24,26)(H2,22,23,25). The number of anilines is 2. The van der Waals surface area contributed by atoms with E-state index < -0.39 is 33.9 Å². The molecule has 0 bridgehead atoms. The Morgan fingerprint density at radius 3 is 2.66 bits per heavy atom. The number of halogens is 4. The topological polar surface area (TPSA) is 107 Å². The summed E-state index contributed by atoms with van der Waals surface area (Å²) in [4.78, 5) is 31.9. The minimum absolute atomic E-state index is 0.00542. The fraction of sp³-hybridized carbons (Fsp3) is 0.294. The SMILES string of the molecule is CCOC(=O)c1cnc(SC(C)C(=O)Nc2ccc(Cl)c(C(F)(F)F)c2)nc1N. The molecule has 29 heavy (non-hydrogen) atoms. The van der Waals surface area contributed by atoms with Gasteiger partial charge in [0.15, 0.2) is 5.16 Å². The van der Waals surface area contributed by atoms with E-state index in [1.807, 2.05) is 0 Å². The minimum atomic E-state index is -4.65. The Labute approximate surface area is 173 Å². The van der Waals surface area contributed by atoms with Crippen LogP contribution in [0.3, 0.4) is 0 Å². The number of carbonyl (C=O) groups is 2. The van der Waals surface area contributed by atoms with E-state index in [-0.39, 0.29) is 28.8 Å². The maximum absolute atomic E-state index is 12.9. The van der Waals surface area contributed by atoms with Crippen LogP contribution in [0.15, 0.2) is 29.6 Å². The Bertz CT molecular complexity index is 927. The number of hydrogen-bond donors (Lipinski definition) is 2. The molecule has 3 N–H and O–H groups in total. The lowest BCUT2D eigenvalue weighted by Gasteiger charge is -2.14. The van der Waals surface area contributed by atoms with Gasteiger partial charge in [-0.1, -0.05) is 23.4 Å². The van der Waals surface area contributed by atoms with Gasteiger partial charge in [0, 0.05) is 11.9 Å². The lowest BCUT2D eigenvalue weighted by atomic mass is 10.2. The van der Waals surface area contributed by atoms with Crippen LogP contribution in [0.25, 0.3) is 0 Å². The second-order valence-corrected chi connectivity index (χ2v) is 7.33. The minimum Gasteiger partial charge on any atom is -0.462 e. The number of hydrogen-bond acceptors (Lipinski definition) is 7. The van der Waals surface area contributed by atoms with Crippen molar-refractivity contribution in [3.05, 3.63) is 40.5 Å². The number of nitrogens with one attached hydrogen (secondary N) is 1. The van der Waals surface area contributed by atoms with E-state index in [1.165, 1.54) is 19.2 Å². The van der Waals surface area contributed by atoms with Crippen LogP contribution >= 0.6 is 23.4 Å². The van der Waals surface area contributed by atoms with Crippen molar-refractivity contribution >= 4 is 46.7 Å². The zero-order valence-electron chi connectivity index (χ0n) is 15.2. The fourth-order valence-electron chi connectivity index (χ4n) is 2.08. The zero-order valence-corrected chi connectivity index (χ0v) is 16.8. The molecule has 0 aliphatic rings. The predicted octanol–water partition coefficient (Wildman–Crippen LogP) is 4.03. The maximum atomic E-state index is 12.9. The first-order chi connectivity index (χ1) is 13.5. The van der Waals surface area contributed by atoms with Crippen LogP contribution in [0.2, 0.25) is 5.02 Å². The fourth-order valence-corrected chi connectivity index (χ4v) is 3.05. The Balaban J connectivity index is 2.08. The van der Waals surface area contributed by atoms with Crippen molar-refractivity contribution in [2.45, 2.75) is 30.4 Å². The van der Waals surface area contributed by atoms with Crippen LogP contribution in [0.4, 0.5) is 24.7 Å². The number of nitrogens with zero attached hydrogens (tertiary/aromatic N) is 2. The van der Waals surface area contributed by atoms with E-state index in [9.17, 15) is 22.8 Å². The van der Waals surface area contributed by atoms with E-state index in [2.05, 4.69) is 15.3 Å². The van der Waals surface area contributed by atoms with Crippen molar-refractivity contribution < 1.29 is 27.5 Å². The van der Waals surface area contributed by atoms with Gasteiger partial charge in [0.05, 0.1) is 22.4 Å². The molecular weight excluding hydrogens is 433 g/mol. The quantitative estimate of drug-likeness (QED) is 0.390. The summed E-state index contributed by atoms with van der Waals surface area (Å²) < 4.78 is 43.6. The molecule has 1 aromatic heterocycles. The number of alkyl halides is 3. The van der Waals surface area contributed by atoms with Crippen LogP contribution in [-0.4, -0.2) is 33.7 Å². The van der Waals surface area contributed by atoms with Gasteiger partial charge in [-0.05, 0) is 32.0 Å². The molecule has 0 fully saturated rings. The van der Waals surface area contributed by atoms with E-state index >= 15 is 0 Å². The summed E-state index contributed by atoms with van der Waals surface area (Å²) in [5.74, 6) is -1.36. The average molecular weight is 449 g/mol. The third-order valence-corrected chi connectivity index (χ3v) is 4.79. The van der Waals surface area contributed by atoms with Crippen LogP contribution < -0.4 is 11.1 Å². The molecule has 0 spiro atoms. The van der Waals surface area contributed by atoms with Gasteiger partial charge in [-0.3, -0.25) is 4.79 Å². The van der Waals surface area contributed by atoms with Crippen molar-refractivity contribution in [2.75, 3.05) is 17.7 Å². The molecule has 1 amide bonds. The lowest BCUT2D eigenvalue weighted by Crippen LogP contribution is -2.23. The molecule has 156 valence electrons. The summed E-state index contributed by atoms with van der Waals surface area (Å²) in [6, 6.07) is 3.06. The van der Waals surface area contributed by atoms with Gasteiger partial charge in [-0.15, -0.1) is 0 Å². The summed E-state index contributed by atoms with van der Waals surface area (Å²) in [6.45, 7) is 3.31. The van der Waals surface area contributed by atoms with Crippen LogP contribution in [-0.2, 0) is 15.7 Å². The molecule has 12 heteroatoms. The summed E-state index contributed by atoms with van der Waals surface area (Å²) >= 11 is 6.48. The maximum Gasteiger partial charge on any atom is 0.417 e. The van der Waals surface area contributed by atoms with Crippen LogP contribution in [0.1, 0.15) is 29.8 Å². The number of amides is 1. The van der Waals surface area contributed by atoms with Gasteiger partial charge in [0.1, 0.15) is 11.4 Å². The van der Waals surface area contributed by atoms with Crippen molar-refractivity contribution in [1.82, 2.24) is 9.97 Å². The van der Waals surface area contributed by atoms with E-state index in [4.69, 9.17) is 22.1 Å². The molecule has 1 unspecified atom stereocenters. The number of ether oxygens (including phenoxy) is 1. The summed E-state index contributed by atoms with van der Waals surface area (Å²) in [6.07, 6.45) is -3.47. The van der Waals surface area contributed by atoms with Crippen molar-refractivity contribution in [3.8, 4) is 0 Å². The van der Waals surface area contributed by atoms with Gasteiger partial charge in [-0.25, -0.2) is 14.8 Å². The number of aromatic nitrogens is 2. The van der Waals surface area contributed by atoms with E-state index in [0.29, 0.717) is 0 Å². The molecule has 0 radical (unpaired) electrons. The molecule has 1 atom stereocenters. The number of benzene rings is 1. The number of nitrogens with two attached hydrogens (primary N) is 1. The van der Waals surface area contributed by atoms with Crippen LogP contribution in [0, 0.1) is 0 Å². The first-order valence-corrected chi connectivity index (χ1v) is 9.42. The third-order valence-electron chi connectivity index (χ3n) is 3.48. The van der Waals surface area contributed by atoms with E-state index in [1.54, 1.807) is 6.92 Å². The normalized spacial score (nSPS) is 12.3. The Hall–Kier alpha value is -2.53. The van der Waals surface area contributed by atoms with Gasteiger partial charge in [-0.2, -0.15) is 13.2 Å². The Morgan fingerprint density at radius 2 is 2.07 bits per heavy atom. The van der Waals surface area contributed by atoms with Gasteiger partial charge < -0.3 is 15.8 Å². The predicted molar refractivity (Wildman–Crippen MR) is 103 cm³/mol. The number of thioether (sulfide) groups is 1. The van der Waals surface area contributed by atoms with Crippen molar-refractivity contribution in [2.24, 2.45) is 0 Å². The smallest absolute Gasteiger partial charge is 0.417 e.